The molecule has 13 nitrogen and oxygen atoms in total. The third kappa shape index (κ3) is 7.34. The third-order valence-electron chi connectivity index (χ3n) is 6.94. The maximum atomic E-state index is 12.8. The van der Waals surface area contributed by atoms with Crippen LogP contribution in [0.4, 0.5) is 5.82 Å². The second-order valence-electron chi connectivity index (χ2n) is 10.2. The number of ether oxygens (including phenoxy) is 1. The van der Waals surface area contributed by atoms with Gasteiger partial charge in [0.05, 0.1) is 22.7 Å². The molecule has 8 N–H and O–H groups in total. The Morgan fingerprint density at radius 3 is 2.26 bits per heavy atom. The van der Waals surface area contributed by atoms with Gasteiger partial charge in [0.1, 0.15) is 11.4 Å². The standard InChI is InChI=1S/C28H30BN5O8S/c29-27(35,36)26(28(37,38)39)43(40)20-7-5-18(6-8-20)22-15-32-25(30)24(33-22)23-13-21(34-42-23)17-3-1-16(2-4-17)14-31-19-9-11-41-12-10-19/h1-8,13,15,19,26,31,35-39H,9-12,14H2,(H2,30,32). The van der Waals surface area contributed by atoms with Crippen molar-refractivity contribution in [2.75, 3.05) is 18.9 Å². The molecule has 15 heteroatoms. The second-order valence-corrected chi connectivity index (χ2v) is 11.7. The van der Waals surface area contributed by atoms with Gasteiger partial charge in [0.25, 0.3) is 5.97 Å². The zero-order chi connectivity index (χ0) is 30.8. The highest BCUT2D eigenvalue weighted by Gasteiger charge is 2.49. The molecule has 3 heterocycles. The largest absolute Gasteiger partial charge is 0.382 e. The topological polar surface area (TPSA) is 217 Å². The van der Waals surface area contributed by atoms with Crippen LogP contribution in [0.25, 0.3) is 34.0 Å². The first kappa shape index (κ1) is 30.9. The lowest BCUT2D eigenvalue weighted by Gasteiger charge is -2.33. The van der Waals surface area contributed by atoms with Crippen molar-refractivity contribution in [3.63, 3.8) is 0 Å². The highest BCUT2D eigenvalue weighted by atomic mass is 32.2. The molecule has 0 aliphatic carbocycles. The summed E-state index contributed by atoms with van der Waals surface area (Å²) >= 11 is 0. The van der Waals surface area contributed by atoms with Crippen LogP contribution in [-0.2, 0) is 22.1 Å². The summed E-state index contributed by atoms with van der Waals surface area (Å²) in [5.74, 6) is -3.33. The maximum Gasteiger partial charge on any atom is 0.295 e. The molecule has 1 aliphatic rings. The molecule has 1 saturated heterocycles. The Balaban J connectivity index is 1.31. The number of nitrogen functional groups attached to an aromatic ring is 1. The number of benzene rings is 2. The van der Waals surface area contributed by atoms with E-state index in [1.807, 2.05) is 24.3 Å². The summed E-state index contributed by atoms with van der Waals surface area (Å²) in [4.78, 5) is 8.68. The third-order valence-corrected chi connectivity index (χ3v) is 8.77. The van der Waals surface area contributed by atoms with Gasteiger partial charge in [-0.15, -0.1) is 0 Å². The number of nitrogens with one attached hydrogen (secondary N) is 1. The van der Waals surface area contributed by atoms with Crippen LogP contribution >= 0.6 is 0 Å². The van der Waals surface area contributed by atoms with Crippen molar-refractivity contribution in [2.24, 2.45) is 0 Å². The SMILES string of the molecule is [B]C(O)(O)C(S(=O)c1ccc(-c2cnc(N)c(-c3cc(-c4ccc(CNC5CCOCC5)cc4)no3)n2)cc1)C(O)(O)O. The normalized spacial score (nSPS) is 16.2. The van der Waals surface area contributed by atoms with E-state index in [1.54, 1.807) is 6.07 Å². The van der Waals surface area contributed by atoms with E-state index in [2.05, 4.69) is 20.4 Å². The quantitative estimate of drug-likeness (QED) is 0.0950. The highest BCUT2D eigenvalue weighted by molar-refractivity contribution is 7.86. The molecule has 43 heavy (non-hydrogen) atoms. The summed E-state index contributed by atoms with van der Waals surface area (Å²) < 4.78 is 23.7. The van der Waals surface area contributed by atoms with E-state index in [0.717, 1.165) is 43.7 Å². The first-order chi connectivity index (χ1) is 20.4. The molecule has 0 bridgehead atoms. The summed E-state index contributed by atoms with van der Waals surface area (Å²) in [6, 6.07) is 15.7. The Hall–Kier alpha value is -3.54. The summed E-state index contributed by atoms with van der Waals surface area (Å²) in [6.07, 6.45) is 3.43. The Morgan fingerprint density at radius 1 is 1.00 bits per heavy atom. The molecule has 2 radical (unpaired) electrons. The van der Waals surface area contributed by atoms with Gasteiger partial charge < -0.3 is 45.8 Å². The fourth-order valence-corrected chi connectivity index (χ4v) is 5.96. The predicted octanol–water partition coefficient (Wildman–Crippen LogP) is 0.230. The van der Waals surface area contributed by atoms with Crippen LogP contribution in [0.3, 0.4) is 0 Å². The molecule has 1 aliphatic heterocycles. The molecule has 1 fully saturated rings. The zero-order valence-electron chi connectivity index (χ0n) is 22.8. The number of nitrogens with zero attached hydrogens (tertiary/aromatic N) is 3. The smallest absolute Gasteiger partial charge is 0.295 e. The number of nitrogens with two attached hydrogens (primary N) is 1. The minimum absolute atomic E-state index is 0.0814. The molecule has 2 unspecified atom stereocenters. The Kier molecular flexibility index (Phi) is 9.06. The summed E-state index contributed by atoms with van der Waals surface area (Å²) in [6.45, 7) is 2.33. The van der Waals surface area contributed by atoms with Gasteiger partial charge in [-0.05, 0) is 30.5 Å². The van der Waals surface area contributed by atoms with E-state index in [9.17, 15) is 29.7 Å². The molecule has 2 aromatic heterocycles. The lowest BCUT2D eigenvalue weighted by atomic mass is 9.90. The van der Waals surface area contributed by atoms with Crippen LogP contribution in [0.15, 0.2) is 70.2 Å². The summed E-state index contributed by atoms with van der Waals surface area (Å²) in [5.41, 5.74) is 6.44. The van der Waals surface area contributed by atoms with Gasteiger partial charge in [0.15, 0.2) is 30.4 Å². The van der Waals surface area contributed by atoms with Gasteiger partial charge >= 0.3 is 0 Å². The average Bonchev–Trinajstić information content (AvgIpc) is 3.46. The highest BCUT2D eigenvalue weighted by Crippen LogP contribution is 2.31. The van der Waals surface area contributed by atoms with E-state index in [1.165, 1.54) is 30.5 Å². The number of rotatable bonds is 10. The Labute approximate surface area is 250 Å². The summed E-state index contributed by atoms with van der Waals surface area (Å²) in [7, 11) is 2.54. The lowest BCUT2D eigenvalue weighted by molar-refractivity contribution is -0.334. The number of hydrogen-bond acceptors (Lipinski definition) is 13. The Morgan fingerprint density at radius 2 is 1.63 bits per heavy atom. The Bertz CT molecular complexity index is 1550. The van der Waals surface area contributed by atoms with Gasteiger partial charge in [0, 0.05) is 47.9 Å². The molecular formula is C28H30BN5O8S. The minimum atomic E-state index is -3.74. The minimum Gasteiger partial charge on any atom is -0.382 e. The second kappa shape index (κ2) is 12.6. The van der Waals surface area contributed by atoms with Crippen molar-refractivity contribution in [1.82, 2.24) is 20.4 Å². The molecule has 224 valence electrons. The lowest BCUT2D eigenvalue weighted by Crippen LogP contribution is -2.59. The van der Waals surface area contributed by atoms with Crippen LogP contribution in [0.1, 0.15) is 18.4 Å². The zero-order valence-corrected chi connectivity index (χ0v) is 23.6. The van der Waals surface area contributed by atoms with E-state index < -0.39 is 27.7 Å². The number of aliphatic hydroxyl groups is 5. The van der Waals surface area contributed by atoms with Crippen molar-refractivity contribution in [1.29, 1.82) is 0 Å². The predicted molar refractivity (Wildman–Crippen MR) is 156 cm³/mol. The number of hydrogen-bond donors (Lipinski definition) is 7. The molecule has 0 amide bonds. The van der Waals surface area contributed by atoms with Gasteiger partial charge in [-0.2, -0.15) is 0 Å². The molecule has 0 spiro atoms. The van der Waals surface area contributed by atoms with Crippen LogP contribution in [0.2, 0.25) is 0 Å². The maximum absolute atomic E-state index is 12.8. The molecule has 0 saturated carbocycles. The van der Waals surface area contributed by atoms with Crippen LogP contribution in [-0.4, -0.2) is 88.9 Å². The fraction of sp³-hybridized carbons (Fsp3) is 0.321. The van der Waals surface area contributed by atoms with Crippen LogP contribution in [0.5, 0.6) is 0 Å². The van der Waals surface area contributed by atoms with Crippen molar-refractivity contribution >= 4 is 24.5 Å². The first-order valence-corrected chi connectivity index (χ1v) is 14.5. The van der Waals surface area contributed by atoms with Crippen molar-refractivity contribution in [3.8, 4) is 34.0 Å². The van der Waals surface area contributed by atoms with E-state index in [-0.39, 0.29) is 16.4 Å². The van der Waals surface area contributed by atoms with E-state index in [4.69, 9.17) is 22.8 Å². The number of anilines is 1. The first-order valence-electron chi connectivity index (χ1n) is 13.3. The van der Waals surface area contributed by atoms with Crippen molar-refractivity contribution in [2.45, 2.75) is 47.2 Å². The van der Waals surface area contributed by atoms with Crippen molar-refractivity contribution in [3.05, 3.63) is 66.4 Å². The van der Waals surface area contributed by atoms with Crippen LogP contribution in [0, 0.1) is 0 Å². The van der Waals surface area contributed by atoms with Gasteiger partial charge in [-0.1, -0.05) is 41.6 Å². The molecule has 2 atom stereocenters. The summed E-state index contributed by atoms with van der Waals surface area (Å²) in [5, 5.41) is 52.9. The molecular weight excluding hydrogens is 577 g/mol. The number of aromatic nitrogens is 3. The van der Waals surface area contributed by atoms with E-state index >= 15 is 0 Å². The van der Waals surface area contributed by atoms with Crippen LogP contribution < -0.4 is 11.1 Å². The molecule has 2 aromatic carbocycles. The average molecular weight is 607 g/mol. The fourth-order valence-electron chi connectivity index (χ4n) is 4.68. The van der Waals surface area contributed by atoms with E-state index in [0.29, 0.717) is 28.8 Å². The molecule has 4 aromatic rings. The monoisotopic (exact) mass is 607 g/mol. The van der Waals surface area contributed by atoms with Gasteiger partial charge in [0.2, 0.25) is 0 Å². The van der Waals surface area contributed by atoms with Gasteiger partial charge in [-0.3, -0.25) is 4.21 Å². The van der Waals surface area contributed by atoms with Crippen molar-refractivity contribution < 1.29 is 39.0 Å². The molecule has 5 rings (SSSR count). The van der Waals surface area contributed by atoms with Gasteiger partial charge in [-0.25, -0.2) is 9.97 Å².